The van der Waals surface area contributed by atoms with Crippen molar-refractivity contribution in [2.45, 2.75) is 26.7 Å². The molecule has 1 amide bonds. The first-order valence-corrected chi connectivity index (χ1v) is 6.24. The number of carbonyl (C=O) groups excluding carboxylic acids is 2. The van der Waals surface area contributed by atoms with Crippen molar-refractivity contribution < 1.29 is 18.7 Å². The van der Waals surface area contributed by atoms with Crippen LogP contribution in [0.4, 0.5) is 4.39 Å². The van der Waals surface area contributed by atoms with Gasteiger partial charge in [-0.3, -0.25) is 9.59 Å². The largest absolute Gasteiger partial charge is 0.481 e. The molecular weight excluding hydrogens is 249 g/mol. The Bertz CT molecular complexity index is 460. The first-order valence-electron chi connectivity index (χ1n) is 6.24. The van der Waals surface area contributed by atoms with Crippen LogP contribution in [0.5, 0.6) is 5.75 Å². The Morgan fingerprint density at radius 3 is 2.68 bits per heavy atom. The third-order valence-corrected chi connectivity index (χ3v) is 2.55. The van der Waals surface area contributed by atoms with Crippen LogP contribution in [0.25, 0.3) is 0 Å². The van der Waals surface area contributed by atoms with Crippen LogP contribution in [0.15, 0.2) is 18.2 Å². The summed E-state index contributed by atoms with van der Waals surface area (Å²) in [5.41, 5.74) is 0.275. The smallest absolute Gasteiger partial charge is 0.257 e. The molecule has 104 valence electrons. The number of halogens is 1. The third kappa shape index (κ3) is 5.07. The highest BCUT2D eigenvalue weighted by molar-refractivity contribution is 5.94. The maximum atomic E-state index is 13.6. The average molecular weight is 267 g/mol. The number of unbranched alkanes of at least 4 members (excludes halogenated alkanes) is 1. The summed E-state index contributed by atoms with van der Waals surface area (Å²) in [6, 6.07) is 3.92. The summed E-state index contributed by atoms with van der Waals surface area (Å²) in [5, 5.41) is 2.66. The van der Waals surface area contributed by atoms with E-state index in [-0.39, 0.29) is 29.6 Å². The number of ketones is 1. The van der Waals surface area contributed by atoms with Gasteiger partial charge in [0, 0.05) is 12.1 Å². The molecular formula is C14H18FNO3. The molecule has 0 unspecified atom stereocenters. The van der Waals surface area contributed by atoms with Gasteiger partial charge in [-0.1, -0.05) is 13.3 Å². The van der Waals surface area contributed by atoms with Crippen molar-refractivity contribution in [3.63, 3.8) is 0 Å². The molecule has 1 aromatic carbocycles. The number of hydrogen-bond acceptors (Lipinski definition) is 3. The fourth-order valence-corrected chi connectivity index (χ4v) is 1.44. The summed E-state index contributed by atoms with van der Waals surface area (Å²) in [6.07, 6.45) is 1.88. The number of amides is 1. The fraction of sp³-hybridized carbons (Fsp3) is 0.429. The van der Waals surface area contributed by atoms with Crippen molar-refractivity contribution in [3.8, 4) is 5.75 Å². The number of ether oxygens (including phenoxy) is 1. The molecule has 1 rings (SSSR count). The van der Waals surface area contributed by atoms with Crippen molar-refractivity contribution in [1.82, 2.24) is 5.32 Å². The van der Waals surface area contributed by atoms with E-state index in [9.17, 15) is 14.0 Å². The number of hydrogen-bond donors (Lipinski definition) is 1. The molecule has 1 aromatic rings. The lowest BCUT2D eigenvalue weighted by molar-refractivity contribution is -0.123. The number of Topliss-reactive ketones (excluding diaryl/α,β-unsaturated/α-hetero) is 1. The Kier molecular flexibility index (Phi) is 5.99. The van der Waals surface area contributed by atoms with Crippen LogP contribution in [0.2, 0.25) is 0 Å². The summed E-state index contributed by atoms with van der Waals surface area (Å²) < 4.78 is 18.6. The highest BCUT2D eigenvalue weighted by Crippen LogP contribution is 2.18. The molecule has 1 N–H and O–H groups in total. The minimum Gasteiger partial charge on any atom is -0.481 e. The molecule has 0 heterocycles. The standard InChI is InChI=1S/C14H18FNO3/c1-3-4-7-16-14(18)9-19-13-6-5-11(10(2)17)8-12(13)15/h5-6,8H,3-4,7,9H2,1-2H3,(H,16,18). The van der Waals surface area contributed by atoms with E-state index in [1.54, 1.807) is 0 Å². The van der Waals surface area contributed by atoms with Crippen molar-refractivity contribution in [3.05, 3.63) is 29.6 Å². The van der Waals surface area contributed by atoms with E-state index in [1.807, 2.05) is 6.92 Å². The van der Waals surface area contributed by atoms with Crippen LogP contribution < -0.4 is 10.1 Å². The van der Waals surface area contributed by atoms with Gasteiger partial charge in [0.25, 0.3) is 5.91 Å². The first-order chi connectivity index (χ1) is 9.04. The quantitative estimate of drug-likeness (QED) is 0.609. The zero-order chi connectivity index (χ0) is 14.3. The lowest BCUT2D eigenvalue weighted by atomic mass is 10.1. The highest BCUT2D eigenvalue weighted by atomic mass is 19.1. The Morgan fingerprint density at radius 2 is 2.11 bits per heavy atom. The predicted molar refractivity (Wildman–Crippen MR) is 69.8 cm³/mol. The van der Waals surface area contributed by atoms with Gasteiger partial charge in [0.15, 0.2) is 24.0 Å². The van der Waals surface area contributed by atoms with Gasteiger partial charge in [-0.15, -0.1) is 0 Å². The molecule has 0 aromatic heterocycles. The summed E-state index contributed by atoms with van der Waals surface area (Å²) in [4.78, 5) is 22.4. The lowest BCUT2D eigenvalue weighted by Crippen LogP contribution is -2.29. The highest BCUT2D eigenvalue weighted by Gasteiger charge is 2.09. The van der Waals surface area contributed by atoms with Crippen molar-refractivity contribution in [2.24, 2.45) is 0 Å². The van der Waals surface area contributed by atoms with Crippen LogP contribution >= 0.6 is 0 Å². The summed E-state index contributed by atoms with van der Waals surface area (Å²) in [7, 11) is 0. The zero-order valence-corrected chi connectivity index (χ0v) is 11.2. The first kappa shape index (κ1) is 15.1. The molecule has 4 nitrogen and oxygen atoms in total. The van der Waals surface area contributed by atoms with Crippen molar-refractivity contribution in [1.29, 1.82) is 0 Å². The molecule has 0 radical (unpaired) electrons. The van der Waals surface area contributed by atoms with Gasteiger partial charge < -0.3 is 10.1 Å². The zero-order valence-electron chi connectivity index (χ0n) is 11.2. The van der Waals surface area contributed by atoms with Crippen molar-refractivity contribution >= 4 is 11.7 Å². The van der Waals surface area contributed by atoms with E-state index in [2.05, 4.69) is 5.32 Å². The van der Waals surface area contributed by atoms with Gasteiger partial charge in [-0.05, 0) is 31.5 Å². The molecule has 19 heavy (non-hydrogen) atoms. The second-order valence-electron chi connectivity index (χ2n) is 4.19. The van der Waals surface area contributed by atoms with E-state index < -0.39 is 5.82 Å². The van der Waals surface area contributed by atoms with Gasteiger partial charge in [-0.25, -0.2) is 4.39 Å². The molecule has 5 heteroatoms. The normalized spacial score (nSPS) is 10.1. The van der Waals surface area contributed by atoms with Gasteiger partial charge in [0.05, 0.1) is 0 Å². The van der Waals surface area contributed by atoms with Crippen molar-refractivity contribution in [2.75, 3.05) is 13.2 Å². The molecule has 0 aliphatic carbocycles. The molecule has 0 fully saturated rings. The fourth-order valence-electron chi connectivity index (χ4n) is 1.44. The molecule has 0 spiro atoms. The van der Waals surface area contributed by atoms with Gasteiger partial charge in [0.1, 0.15) is 0 Å². The van der Waals surface area contributed by atoms with Crippen LogP contribution in [-0.2, 0) is 4.79 Å². The van der Waals surface area contributed by atoms with Gasteiger partial charge in [0.2, 0.25) is 0 Å². The second kappa shape index (κ2) is 7.51. The van der Waals surface area contributed by atoms with Gasteiger partial charge >= 0.3 is 0 Å². The minimum absolute atomic E-state index is 0.0318. The van der Waals surface area contributed by atoms with Crippen LogP contribution in [0.3, 0.4) is 0 Å². The summed E-state index contributed by atoms with van der Waals surface area (Å²) in [6.45, 7) is 3.73. The van der Waals surface area contributed by atoms with Crippen LogP contribution in [0.1, 0.15) is 37.0 Å². The topological polar surface area (TPSA) is 55.4 Å². The number of carbonyl (C=O) groups is 2. The monoisotopic (exact) mass is 267 g/mol. The molecule has 0 atom stereocenters. The number of benzene rings is 1. The Balaban J connectivity index is 2.49. The molecule has 0 saturated heterocycles. The summed E-state index contributed by atoms with van der Waals surface area (Å²) in [5.74, 6) is -1.18. The SMILES string of the molecule is CCCCNC(=O)COc1ccc(C(C)=O)cc1F. The van der Waals surface area contributed by atoms with E-state index >= 15 is 0 Å². The average Bonchev–Trinajstić information content (AvgIpc) is 2.37. The number of rotatable bonds is 7. The molecule has 0 saturated carbocycles. The molecule has 0 aliphatic rings. The lowest BCUT2D eigenvalue weighted by Gasteiger charge is -2.08. The van der Waals surface area contributed by atoms with E-state index in [4.69, 9.17) is 4.74 Å². The van der Waals surface area contributed by atoms with E-state index in [1.165, 1.54) is 19.1 Å². The predicted octanol–water partition coefficient (Wildman–Crippen LogP) is 2.32. The number of nitrogens with one attached hydrogen (secondary N) is 1. The maximum absolute atomic E-state index is 13.6. The molecule has 0 aliphatic heterocycles. The summed E-state index contributed by atoms with van der Waals surface area (Å²) >= 11 is 0. The third-order valence-electron chi connectivity index (χ3n) is 2.55. The Hall–Kier alpha value is -1.91. The van der Waals surface area contributed by atoms with Crippen LogP contribution in [-0.4, -0.2) is 24.8 Å². The maximum Gasteiger partial charge on any atom is 0.257 e. The van der Waals surface area contributed by atoms with E-state index in [0.717, 1.165) is 18.9 Å². The van der Waals surface area contributed by atoms with Gasteiger partial charge in [-0.2, -0.15) is 0 Å². The molecule has 0 bridgehead atoms. The Morgan fingerprint density at radius 1 is 1.37 bits per heavy atom. The second-order valence-corrected chi connectivity index (χ2v) is 4.19. The minimum atomic E-state index is -0.644. The van der Waals surface area contributed by atoms with E-state index in [0.29, 0.717) is 6.54 Å². The van der Waals surface area contributed by atoms with Crippen LogP contribution in [0, 0.1) is 5.82 Å². The Labute approximate surface area is 112 Å².